The molecule has 0 aromatic carbocycles. The van der Waals surface area contributed by atoms with Crippen molar-refractivity contribution in [1.29, 1.82) is 0 Å². The van der Waals surface area contributed by atoms with Crippen LogP contribution in [-0.2, 0) is 0 Å². The van der Waals surface area contributed by atoms with Crippen molar-refractivity contribution in [3.8, 4) is 0 Å². The summed E-state index contributed by atoms with van der Waals surface area (Å²) in [6, 6.07) is 12.1. The second-order valence-corrected chi connectivity index (χ2v) is 5.27. The van der Waals surface area contributed by atoms with E-state index in [1.165, 1.54) is 0 Å². The standard InChI is InChI=1S/C12H12Br2N2/c13-11(15-7-3-1-4-8-15)12(14)16-9-5-2-6-10-16/h1-12H/q+2. The average Bonchev–Trinajstić information content (AvgIpc) is 2.39. The zero-order chi connectivity index (χ0) is 11.4. The summed E-state index contributed by atoms with van der Waals surface area (Å²) in [4.78, 5) is 0.335. The minimum absolute atomic E-state index is 0.168. The lowest BCUT2D eigenvalue weighted by atomic mass is 10.4. The molecule has 2 rings (SSSR count). The summed E-state index contributed by atoms with van der Waals surface area (Å²) in [6.07, 6.45) is 8.16. The van der Waals surface area contributed by atoms with Gasteiger partial charge < -0.3 is 0 Å². The molecule has 2 nitrogen and oxygen atoms in total. The van der Waals surface area contributed by atoms with Crippen LogP contribution in [0.2, 0.25) is 0 Å². The zero-order valence-corrected chi connectivity index (χ0v) is 11.8. The minimum Gasteiger partial charge on any atom is -0.185 e. The molecule has 0 saturated carbocycles. The van der Waals surface area contributed by atoms with Crippen molar-refractivity contribution in [1.82, 2.24) is 0 Å². The molecular weight excluding hydrogens is 332 g/mol. The highest BCUT2D eigenvalue weighted by Gasteiger charge is 2.31. The third-order valence-electron chi connectivity index (χ3n) is 2.27. The van der Waals surface area contributed by atoms with E-state index in [2.05, 4.69) is 41.0 Å². The Hall–Kier alpha value is -0.740. The van der Waals surface area contributed by atoms with Gasteiger partial charge in [-0.1, -0.05) is 12.1 Å². The van der Waals surface area contributed by atoms with Crippen molar-refractivity contribution in [3.05, 3.63) is 61.2 Å². The molecule has 4 heteroatoms. The van der Waals surface area contributed by atoms with Crippen LogP contribution in [0.1, 0.15) is 9.90 Å². The highest BCUT2D eigenvalue weighted by Crippen LogP contribution is 2.24. The van der Waals surface area contributed by atoms with Gasteiger partial charge in [0.2, 0.25) is 0 Å². The molecule has 0 spiro atoms. The summed E-state index contributed by atoms with van der Waals surface area (Å²) < 4.78 is 4.22. The van der Waals surface area contributed by atoms with E-state index in [4.69, 9.17) is 0 Å². The van der Waals surface area contributed by atoms with Crippen molar-refractivity contribution in [3.63, 3.8) is 0 Å². The summed E-state index contributed by atoms with van der Waals surface area (Å²) >= 11 is 7.37. The van der Waals surface area contributed by atoms with Gasteiger partial charge in [-0.05, 0) is 31.9 Å². The van der Waals surface area contributed by atoms with Gasteiger partial charge in [-0.2, -0.15) is 9.13 Å². The Bertz CT molecular complexity index is 390. The SMILES string of the molecule is BrC(C(Br)[n+]1ccccc1)[n+]1ccccc1. The smallest absolute Gasteiger partial charge is 0.185 e. The van der Waals surface area contributed by atoms with Gasteiger partial charge in [0.25, 0.3) is 9.90 Å². The third kappa shape index (κ3) is 2.68. The van der Waals surface area contributed by atoms with Crippen LogP contribution in [0, 0.1) is 0 Å². The van der Waals surface area contributed by atoms with Crippen molar-refractivity contribution < 1.29 is 9.13 Å². The number of rotatable bonds is 3. The van der Waals surface area contributed by atoms with Crippen LogP contribution >= 0.6 is 31.9 Å². The molecule has 0 saturated heterocycles. The van der Waals surface area contributed by atoms with E-state index in [-0.39, 0.29) is 9.90 Å². The molecule has 0 aliphatic carbocycles. The number of halogens is 2. The molecule has 0 fully saturated rings. The van der Waals surface area contributed by atoms with Gasteiger partial charge in [-0.15, -0.1) is 0 Å². The Labute approximate surface area is 112 Å². The maximum atomic E-state index is 3.68. The summed E-state index contributed by atoms with van der Waals surface area (Å²) in [7, 11) is 0. The van der Waals surface area contributed by atoms with Crippen LogP contribution in [0.4, 0.5) is 0 Å². The van der Waals surface area contributed by atoms with Crippen LogP contribution in [-0.4, -0.2) is 0 Å². The highest BCUT2D eigenvalue weighted by atomic mass is 79.9. The van der Waals surface area contributed by atoms with Crippen LogP contribution < -0.4 is 9.13 Å². The van der Waals surface area contributed by atoms with E-state index in [9.17, 15) is 0 Å². The molecule has 2 atom stereocenters. The van der Waals surface area contributed by atoms with Crippen molar-refractivity contribution in [2.45, 2.75) is 9.90 Å². The van der Waals surface area contributed by atoms with Crippen LogP contribution in [0.15, 0.2) is 61.2 Å². The molecule has 0 radical (unpaired) electrons. The second kappa shape index (κ2) is 5.55. The van der Waals surface area contributed by atoms with E-state index >= 15 is 0 Å². The fourth-order valence-corrected chi connectivity index (χ4v) is 2.53. The first-order valence-electron chi connectivity index (χ1n) is 4.99. The molecule has 16 heavy (non-hydrogen) atoms. The first-order valence-corrected chi connectivity index (χ1v) is 6.82. The molecule has 2 aromatic rings. The van der Waals surface area contributed by atoms with E-state index in [1.807, 2.05) is 61.2 Å². The van der Waals surface area contributed by atoms with Gasteiger partial charge >= 0.3 is 0 Å². The first kappa shape index (κ1) is 11.7. The number of nitrogens with zero attached hydrogens (tertiary/aromatic N) is 2. The van der Waals surface area contributed by atoms with E-state index in [1.54, 1.807) is 0 Å². The van der Waals surface area contributed by atoms with Gasteiger partial charge in [-0.3, -0.25) is 0 Å². The van der Waals surface area contributed by atoms with Crippen molar-refractivity contribution in [2.24, 2.45) is 0 Å². The predicted octanol–water partition coefficient (Wildman–Crippen LogP) is 2.75. The number of pyridine rings is 2. The summed E-state index contributed by atoms with van der Waals surface area (Å²) in [6.45, 7) is 0. The molecule has 0 N–H and O–H groups in total. The molecule has 0 amide bonds. The van der Waals surface area contributed by atoms with Crippen molar-refractivity contribution in [2.75, 3.05) is 0 Å². The number of alkyl halides is 2. The van der Waals surface area contributed by atoms with Crippen molar-refractivity contribution >= 4 is 31.9 Å². The fourth-order valence-electron chi connectivity index (χ4n) is 1.44. The quantitative estimate of drug-likeness (QED) is 0.598. The maximum absolute atomic E-state index is 3.68. The van der Waals surface area contributed by atoms with Gasteiger partial charge in [0.15, 0.2) is 24.8 Å². The van der Waals surface area contributed by atoms with Gasteiger partial charge in [0.05, 0.1) is 0 Å². The van der Waals surface area contributed by atoms with E-state index in [0.717, 1.165) is 0 Å². The minimum atomic E-state index is 0.168. The van der Waals surface area contributed by atoms with Gasteiger partial charge in [-0.25, -0.2) is 0 Å². The lowest BCUT2D eigenvalue weighted by molar-refractivity contribution is -0.779. The fraction of sp³-hybridized carbons (Fsp3) is 0.167. The monoisotopic (exact) mass is 342 g/mol. The van der Waals surface area contributed by atoms with Crippen LogP contribution in [0.25, 0.3) is 0 Å². The Morgan fingerprint density at radius 3 is 1.19 bits per heavy atom. The molecule has 0 aliphatic rings. The van der Waals surface area contributed by atoms with Gasteiger partial charge in [0, 0.05) is 24.3 Å². The first-order chi connectivity index (χ1) is 7.79. The van der Waals surface area contributed by atoms with E-state index in [0.29, 0.717) is 0 Å². The highest BCUT2D eigenvalue weighted by molar-refractivity contribution is 9.11. The molecule has 2 unspecified atom stereocenters. The van der Waals surface area contributed by atoms with E-state index < -0.39 is 0 Å². The predicted molar refractivity (Wildman–Crippen MR) is 69.2 cm³/mol. The number of aromatic nitrogens is 2. The summed E-state index contributed by atoms with van der Waals surface area (Å²) in [5, 5.41) is 0. The van der Waals surface area contributed by atoms with Crippen LogP contribution in [0.3, 0.4) is 0 Å². The largest absolute Gasteiger partial charge is 0.283 e. The number of hydrogen-bond donors (Lipinski definition) is 0. The van der Waals surface area contributed by atoms with Gasteiger partial charge in [0.1, 0.15) is 0 Å². The molecule has 2 heterocycles. The summed E-state index contributed by atoms with van der Waals surface area (Å²) in [5.41, 5.74) is 0. The average molecular weight is 344 g/mol. The molecule has 2 aromatic heterocycles. The lowest BCUT2D eigenvalue weighted by Gasteiger charge is -2.07. The molecular formula is C12H12Br2N2+2. The normalized spacial score (nSPS) is 14.4. The Morgan fingerprint density at radius 2 is 0.875 bits per heavy atom. The third-order valence-corrected chi connectivity index (χ3v) is 4.93. The number of hydrogen-bond acceptors (Lipinski definition) is 0. The molecule has 0 bridgehead atoms. The Balaban J connectivity index is 2.20. The maximum Gasteiger partial charge on any atom is 0.283 e. The lowest BCUT2D eigenvalue weighted by Crippen LogP contribution is -2.47. The molecule has 0 aliphatic heterocycles. The Morgan fingerprint density at radius 1 is 0.562 bits per heavy atom. The zero-order valence-electron chi connectivity index (χ0n) is 8.58. The molecule has 82 valence electrons. The topological polar surface area (TPSA) is 7.76 Å². The summed E-state index contributed by atoms with van der Waals surface area (Å²) in [5.74, 6) is 0. The second-order valence-electron chi connectivity index (χ2n) is 3.39. The van der Waals surface area contributed by atoms with Crippen LogP contribution in [0.5, 0.6) is 0 Å². The Kier molecular flexibility index (Phi) is 4.07.